The third kappa shape index (κ3) is 3.30. The fourth-order valence-corrected chi connectivity index (χ4v) is 6.36. The van der Waals surface area contributed by atoms with Gasteiger partial charge in [0, 0.05) is 16.2 Å². The van der Waals surface area contributed by atoms with Crippen LogP contribution in [0.2, 0.25) is 0 Å². The van der Waals surface area contributed by atoms with Gasteiger partial charge in [0.1, 0.15) is 5.49 Å². The van der Waals surface area contributed by atoms with Crippen molar-refractivity contribution in [2.24, 2.45) is 4.99 Å². The SMILES string of the molecule is O=c1c2cc(-c3ccccc3)cc3c(-c4ccccc4)ccc(c4n1C1C(c5ccccc5)=CC=CC1N=4)c32. The molecule has 6 aromatic rings. The van der Waals surface area contributed by atoms with Crippen LogP contribution in [0.5, 0.6) is 0 Å². The lowest BCUT2D eigenvalue weighted by Crippen LogP contribution is -2.35. The summed E-state index contributed by atoms with van der Waals surface area (Å²) < 4.78 is 1.95. The lowest BCUT2D eigenvalue weighted by atomic mass is 9.89. The van der Waals surface area contributed by atoms with Crippen molar-refractivity contribution in [1.29, 1.82) is 0 Å². The first-order valence-electron chi connectivity index (χ1n) is 13.3. The van der Waals surface area contributed by atoms with Crippen molar-refractivity contribution in [3.05, 3.63) is 155 Å². The maximum Gasteiger partial charge on any atom is 0.260 e. The van der Waals surface area contributed by atoms with E-state index in [-0.39, 0.29) is 17.6 Å². The highest BCUT2D eigenvalue weighted by molar-refractivity contribution is 6.16. The van der Waals surface area contributed by atoms with Crippen LogP contribution < -0.4 is 11.0 Å². The second-order valence-corrected chi connectivity index (χ2v) is 10.3. The Morgan fingerprint density at radius 1 is 0.615 bits per heavy atom. The van der Waals surface area contributed by atoms with Gasteiger partial charge in [0.05, 0.1) is 12.1 Å². The molecule has 1 aliphatic carbocycles. The van der Waals surface area contributed by atoms with Crippen LogP contribution >= 0.6 is 0 Å². The minimum Gasteiger partial charge on any atom is -0.282 e. The van der Waals surface area contributed by atoms with Gasteiger partial charge in [-0.25, -0.2) is 0 Å². The van der Waals surface area contributed by atoms with Crippen LogP contribution in [-0.2, 0) is 0 Å². The van der Waals surface area contributed by atoms with Gasteiger partial charge in [-0.3, -0.25) is 14.4 Å². The molecule has 0 fully saturated rings. The first kappa shape index (κ1) is 22.0. The van der Waals surface area contributed by atoms with Crippen LogP contribution in [0.15, 0.2) is 143 Å². The number of hydrogen-bond acceptors (Lipinski definition) is 2. The van der Waals surface area contributed by atoms with E-state index in [0.717, 1.165) is 60.4 Å². The van der Waals surface area contributed by atoms with Gasteiger partial charge < -0.3 is 0 Å². The van der Waals surface area contributed by atoms with Gasteiger partial charge in [-0.1, -0.05) is 115 Å². The van der Waals surface area contributed by atoms with Crippen LogP contribution in [0.25, 0.3) is 49.4 Å². The van der Waals surface area contributed by atoms with Gasteiger partial charge in [-0.05, 0) is 57.0 Å². The monoisotopic (exact) mass is 500 g/mol. The number of rotatable bonds is 3. The topological polar surface area (TPSA) is 34.4 Å². The molecule has 184 valence electrons. The number of allylic oxidation sites excluding steroid dienone is 2. The van der Waals surface area contributed by atoms with E-state index in [4.69, 9.17) is 4.99 Å². The Bertz CT molecular complexity index is 2070. The van der Waals surface area contributed by atoms with Crippen molar-refractivity contribution in [2.45, 2.75) is 12.1 Å². The number of nitrogens with zero attached hydrogens (tertiary/aromatic N) is 2. The zero-order valence-electron chi connectivity index (χ0n) is 21.2. The summed E-state index contributed by atoms with van der Waals surface area (Å²) in [4.78, 5) is 19.7. The van der Waals surface area contributed by atoms with Crippen LogP contribution in [0.4, 0.5) is 0 Å². The summed E-state index contributed by atoms with van der Waals surface area (Å²) in [5, 5.41) is 3.83. The molecule has 8 rings (SSSR count). The summed E-state index contributed by atoms with van der Waals surface area (Å²) in [5.41, 5.74) is 7.41. The number of fused-ring (bicyclic) bond motifs is 4. The van der Waals surface area contributed by atoms with E-state index in [1.54, 1.807) is 0 Å². The summed E-state index contributed by atoms with van der Waals surface area (Å²) in [7, 11) is 0. The van der Waals surface area contributed by atoms with Crippen molar-refractivity contribution in [1.82, 2.24) is 4.57 Å². The van der Waals surface area contributed by atoms with Gasteiger partial charge in [-0.2, -0.15) is 0 Å². The van der Waals surface area contributed by atoms with Gasteiger partial charge in [0.25, 0.3) is 5.56 Å². The molecule has 2 unspecified atom stereocenters. The van der Waals surface area contributed by atoms with Gasteiger partial charge >= 0.3 is 0 Å². The molecule has 0 spiro atoms. The first-order chi connectivity index (χ1) is 19.3. The summed E-state index contributed by atoms with van der Waals surface area (Å²) in [6, 6.07) is 39.5. The number of aromatic nitrogens is 1. The van der Waals surface area contributed by atoms with E-state index in [2.05, 4.69) is 91.0 Å². The third-order valence-corrected chi connectivity index (χ3v) is 8.11. The molecule has 1 aliphatic heterocycles. The van der Waals surface area contributed by atoms with Crippen LogP contribution in [0, 0.1) is 0 Å². The Morgan fingerprint density at radius 3 is 1.97 bits per heavy atom. The molecule has 2 atom stereocenters. The molecule has 3 heteroatoms. The second kappa shape index (κ2) is 8.50. The largest absolute Gasteiger partial charge is 0.282 e. The molecule has 1 aromatic heterocycles. The zero-order valence-corrected chi connectivity index (χ0v) is 21.2. The van der Waals surface area contributed by atoms with Gasteiger partial charge in [0.2, 0.25) is 0 Å². The fourth-order valence-electron chi connectivity index (χ4n) is 6.36. The molecule has 0 saturated carbocycles. The quantitative estimate of drug-likeness (QED) is 0.249. The van der Waals surface area contributed by atoms with Crippen molar-refractivity contribution in [3.63, 3.8) is 0 Å². The molecular formula is C36H24N2O. The Hall–Kier alpha value is -5.02. The third-order valence-electron chi connectivity index (χ3n) is 8.11. The van der Waals surface area contributed by atoms with E-state index < -0.39 is 0 Å². The molecule has 39 heavy (non-hydrogen) atoms. The van der Waals surface area contributed by atoms with Crippen LogP contribution in [0.1, 0.15) is 11.6 Å². The second-order valence-electron chi connectivity index (χ2n) is 10.3. The lowest BCUT2D eigenvalue weighted by Gasteiger charge is -2.25. The summed E-state index contributed by atoms with van der Waals surface area (Å²) >= 11 is 0. The molecule has 2 aliphatic rings. The van der Waals surface area contributed by atoms with E-state index >= 15 is 0 Å². The average molecular weight is 501 g/mol. The maximum absolute atomic E-state index is 14.5. The predicted molar refractivity (Wildman–Crippen MR) is 160 cm³/mol. The van der Waals surface area contributed by atoms with E-state index in [1.807, 2.05) is 47.0 Å². The van der Waals surface area contributed by atoms with Crippen LogP contribution in [-0.4, -0.2) is 10.6 Å². The highest BCUT2D eigenvalue weighted by Gasteiger charge is 2.35. The summed E-state index contributed by atoms with van der Waals surface area (Å²) in [6.07, 6.45) is 6.32. The zero-order chi connectivity index (χ0) is 25.9. The minimum atomic E-state index is -0.169. The standard InChI is InChI=1S/C36H24N2O/c39-36-31-22-26(23-11-4-1-5-12-23)21-30-27(24-13-6-2-7-14-24)19-20-29(33(30)31)35-37-32-18-10-17-28(34(32)38(35)36)25-15-8-3-9-16-25/h1-22,32,34H. The lowest BCUT2D eigenvalue weighted by molar-refractivity contribution is 0.593. The molecule has 0 radical (unpaired) electrons. The Balaban J connectivity index is 1.48. The predicted octanol–water partition coefficient (Wildman–Crippen LogP) is 7.40. The van der Waals surface area contributed by atoms with Crippen molar-refractivity contribution < 1.29 is 0 Å². The smallest absolute Gasteiger partial charge is 0.260 e. The molecule has 0 saturated heterocycles. The fraction of sp³-hybridized carbons (Fsp3) is 0.0556. The normalized spacial score (nSPS) is 17.6. The molecule has 2 heterocycles. The molecule has 0 N–H and O–H groups in total. The molecule has 3 nitrogen and oxygen atoms in total. The Morgan fingerprint density at radius 2 is 1.26 bits per heavy atom. The molecule has 0 bridgehead atoms. The summed E-state index contributed by atoms with van der Waals surface area (Å²) in [6.45, 7) is 0. The Kier molecular flexibility index (Phi) is 4.80. The highest BCUT2D eigenvalue weighted by atomic mass is 16.1. The number of pyridine rings is 1. The number of benzene rings is 5. The van der Waals surface area contributed by atoms with Crippen LogP contribution in [0.3, 0.4) is 0 Å². The molecular weight excluding hydrogens is 476 g/mol. The summed E-state index contributed by atoms with van der Waals surface area (Å²) in [5.74, 6) is 0. The van der Waals surface area contributed by atoms with Crippen molar-refractivity contribution in [2.75, 3.05) is 0 Å². The number of hydrogen-bond donors (Lipinski definition) is 0. The van der Waals surface area contributed by atoms with Gasteiger partial charge in [-0.15, -0.1) is 0 Å². The average Bonchev–Trinajstić information content (AvgIpc) is 3.41. The van der Waals surface area contributed by atoms with E-state index in [1.165, 1.54) is 0 Å². The van der Waals surface area contributed by atoms with Gasteiger partial charge in [0.15, 0.2) is 0 Å². The maximum atomic E-state index is 14.5. The highest BCUT2D eigenvalue weighted by Crippen LogP contribution is 2.40. The van der Waals surface area contributed by atoms with Crippen molar-refractivity contribution in [3.8, 4) is 22.3 Å². The first-order valence-corrected chi connectivity index (χ1v) is 13.3. The Labute approximate surface area is 225 Å². The van der Waals surface area contributed by atoms with Crippen molar-refractivity contribution >= 4 is 27.1 Å². The minimum absolute atomic E-state index is 0.0128. The van der Waals surface area contributed by atoms with E-state index in [0.29, 0.717) is 0 Å². The molecule has 0 amide bonds. The van der Waals surface area contributed by atoms with E-state index in [9.17, 15) is 4.79 Å². The molecule has 5 aromatic carbocycles.